The molecule has 3 aliphatic rings. The topological polar surface area (TPSA) is 40.6 Å². The van der Waals surface area contributed by atoms with Crippen molar-refractivity contribution in [2.24, 2.45) is 0 Å². The van der Waals surface area contributed by atoms with Gasteiger partial charge in [-0.15, -0.1) is 0 Å². The Hall–Kier alpha value is -1.84. The van der Waals surface area contributed by atoms with Crippen LogP contribution in [0.3, 0.4) is 0 Å². The van der Waals surface area contributed by atoms with Gasteiger partial charge in [-0.05, 0) is 56.2 Å². The lowest BCUT2D eigenvalue weighted by Gasteiger charge is -2.35. The third-order valence-corrected chi connectivity index (χ3v) is 5.67. The van der Waals surface area contributed by atoms with E-state index in [0.717, 1.165) is 36.9 Å². The predicted molar refractivity (Wildman–Crippen MR) is 87.9 cm³/mol. The van der Waals surface area contributed by atoms with Gasteiger partial charge in [-0.3, -0.25) is 9.59 Å². The first kappa shape index (κ1) is 14.7. The number of likely N-dealkylation sites (tertiary alicyclic amines) is 1. The lowest BCUT2D eigenvalue weighted by atomic mass is 10.0. The standard InChI is InChI=1S/C19H24N2O2/c22-18-5-2-12-20(18)13-14-6-8-15(9-7-14)19(23)21-16-3-1-4-17(21)11-10-16/h6-9,16-17H,1-5,10-13H2. The number of hydrogen-bond donors (Lipinski definition) is 0. The van der Waals surface area contributed by atoms with E-state index in [1.54, 1.807) is 0 Å². The van der Waals surface area contributed by atoms with Crippen LogP contribution in [0.5, 0.6) is 0 Å². The number of hydrogen-bond acceptors (Lipinski definition) is 2. The van der Waals surface area contributed by atoms with E-state index in [4.69, 9.17) is 0 Å². The van der Waals surface area contributed by atoms with E-state index in [1.165, 1.54) is 19.3 Å². The van der Waals surface area contributed by atoms with Gasteiger partial charge in [0.2, 0.25) is 5.91 Å². The Morgan fingerprint density at radius 3 is 2.30 bits per heavy atom. The average molecular weight is 312 g/mol. The van der Waals surface area contributed by atoms with Gasteiger partial charge in [0.05, 0.1) is 0 Å². The number of carbonyl (C=O) groups is 2. The normalized spacial score (nSPS) is 26.9. The van der Waals surface area contributed by atoms with E-state index in [-0.39, 0.29) is 11.8 Å². The van der Waals surface area contributed by atoms with Crippen molar-refractivity contribution in [2.45, 2.75) is 63.6 Å². The Morgan fingerprint density at radius 1 is 1.00 bits per heavy atom. The van der Waals surface area contributed by atoms with Gasteiger partial charge in [0.1, 0.15) is 0 Å². The molecule has 1 aromatic carbocycles. The van der Waals surface area contributed by atoms with E-state index in [2.05, 4.69) is 4.90 Å². The molecule has 2 unspecified atom stereocenters. The molecule has 0 saturated carbocycles. The summed E-state index contributed by atoms with van der Waals surface area (Å²) >= 11 is 0. The molecular weight excluding hydrogens is 288 g/mol. The van der Waals surface area contributed by atoms with Crippen LogP contribution < -0.4 is 0 Å². The molecule has 1 aromatic rings. The van der Waals surface area contributed by atoms with Crippen LogP contribution in [0.2, 0.25) is 0 Å². The third-order valence-electron chi connectivity index (χ3n) is 5.67. The minimum atomic E-state index is 0.195. The van der Waals surface area contributed by atoms with E-state index >= 15 is 0 Å². The minimum Gasteiger partial charge on any atom is -0.338 e. The number of fused-ring (bicyclic) bond motifs is 2. The van der Waals surface area contributed by atoms with Crippen LogP contribution in [0.25, 0.3) is 0 Å². The van der Waals surface area contributed by atoms with Crippen molar-refractivity contribution in [3.05, 3.63) is 35.4 Å². The van der Waals surface area contributed by atoms with Gasteiger partial charge in [0.15, 0.2) is 0 Å². The lowest BCUT2D eigenvalue weighted by molar-refractivity contribution is -0.128. The molecule has 3 heterocycles. The van der Waals surface area contributed by atoms with Crippen molar-refractivity contribution >= 4 is 11.8 Å². The summed E-state index contributed by atoms with van der Waals surface area (Å²) in [5, 5.41) is 0. The summed E-state index contributed by atoms with van der Waals surface area (Å²) in [6.07, 6.45) is 7.58. The van der Waals surface area contributed by atoms with Crippen LogP contribution in [-0.2, 0) is 11.3 Å². The number of rotatable bonds is 3. The van der Waals surface area contributed by atoms with Crippen LogP contribution in [-0.4, -0.2) is 40.2 Å². The quantitative estimate of drug-likeness (QED) is 0.861. The molecule has 4 rings (SSSR count). The molecule has 3 saturated heterocycles. The Bertz CT molecular complexity index is 594. The minimum absolute atomic E-state index is 0.195. The number of benzene rings is 1. The van der Waals surface area contributed by atoms with Crippen molar-refractivity contribution < 1.29 is 9.59 Å². The Kier molecular flexibility index (Phi) is 3.83. The van der Waals surface area contributed by atoms with Gasteiger partial charge in [0.25, 0.3) is 5.91 Å². The van der Waals surface area contributed by atoms with E-state index in [9.17, 15) is 9.59 Å². The SMILES string of the molecule is O=C1CCCN1Cc1ccc(C(=O)N2C3CCCC2CC3)cc1. The van der Waals surface area contributed by atoms with Crippen LogP contribution in [0, 0.1) is 0 Å². The molecule has 3 fully saturated rings. The zero-order valence-corrected chi connectivity index (χ0v) is 13.5. The van der Waals surface area contributed by atoms with Gasteiger partial charge in [0, 0.05) is 37.2 Å². The smallest absolute Gasteiger partial charge is 0.254 e. The molecule has 0 spiro atoms. The number of amides is 2. The Morgan fingerprint density at radius 2 is 1.70 bits per heavy atom. The maximum Gasteiger partial charge on any atom is 0.254 e. The van der Waals surface area contributed by atoms with Crippen LogP contribution >= 0.6 is 0 Å². The van der Waals surface area contributed by atoms with E-state index < -0.39 is 0 Å². The zero-order valence-electron chi connectivity index (χ0n) is 13.5. The zero-order chi connectivity index (χ0) is 15.8. The van der Waals surface area contributed by atoms with Crippen molar-refractivity contribution in [1.29, 1.82) is 0 Å². The summed E-state index contributed by atoms with van der Waals surface area (Å²) in [5.74, 6) is 0.441. The monoisotopic (exact) mass is 312 g/mol. The highest BCUT2D eigenvalue weighted by Crippen LogP contribution is 2.36. The van der Waals surface area contributed by atoms with Gasteiger partial charge in [-0.1, -0.05) is 12.1 Å². The number of carbonyl (C=O) groups excluding carboxylic acids is 2. The number of nitrogens with zero attached hydrogens (tertiary/aromatic N) is 2. The summed E-state index contributed by atoms with van der Waals surface area (Å²) in [7, 11) is 0. The van der Waals surface area contributed by atoms with E-state index in [1.807, 2.05) is 29.2 Å². The Labute approximate surface area is 137 Å². The molecule has 122 valence electrons. The van der Waals surface area contributed by atoms with Crippen molar-refractivity contribution in [1.82, 2.24) is 9.80 Å². The predicted octanol–water partition coefficient (Wildman–Crippen LogP) is 2.97. The van der Waals surface area contributed by atoms with Crippen LogP contribution in [0.4, 0.5) is 0 Å². The first-order valence-electron chi connectivity index (χ1n) is 8.92. The van der Waals surface area contributed by atoms with Crippen molar-refractivity contribution in [3.63, 3.8) is 0 Å². The van der Waals surface area contributed by atoms with Crippen LogP contribution in [0.1, 0.15) is 60.9 Å². The highest BCUT2D eigenvalue weighted by Gasteiger charge is 2.39. The highest BCUT2D eigenvalue weighted by molar-refractivity contribution is 5.95. The summed E-state index contributed by atoms with van der Waals surface area (Å²) in [4.78, 5) is 28.6. The molecule has 2 bridgehead atoms. The molecule has 4 heteroatoms. The van der Waals surface area contributed by atoms with Crippen molar-refractivity contribution in [3.8, 4) is 0 Å². The maximum atomic E-state index is 12.8. The fraction of sp³-hybridized carbons (Fsp3) is 0.579. The molecular formula is C19H24N2O2. The largest absolute Gasteiger partial charge is 0.338 e. The number of piperidine rings is 1. The summed E-state index contributed by atoms with van der Waals surface area (Å²) in [5.41, 5.74) is 1.90. The molecule has 0 aromatic heterocycles. The van der Waals surface area contributed by atoms with Crippen LogP contribution in [0.15, 0.2) is 24.3 Å². The fourth-order valence-corrected chi connectivity index (χ4v) is 4.44. The molecule has 0 aliphatic carbocycles. The first-order valence-corrected chi connectivity index (χ1v) is 8.92. The molecule has 4 nitrogen and oxygen atoms in total. The summed E-state index contributed by atoms with van der Waals surface area (Å²) in [6.45, 7) is 1.53. The average Bonchev–Trinajstić information content (AvgIpc) is 3.08. The third kappa shape index (κ3) is 2.75. The second-order valence-corrected chi connectivity index (χ2v) is 7.14. The second kappa shape index (κ2) is 5.99. The summed E-state index contributed by atoms with van der Waals surface area (Å²) in [6, 6.07) is 8.81. The van der Waals surface area contributed by atoms with Gasteiger partial charge in [-0.25, -0.2) is 0 Å². The summed E-state index contributed by atoms with van der Waals surface area (Å²) < 4.78 is 0. The van der Waals surface area contributed by atoms with Gasteiger partial charge in [-0.2, -0.15) is 0 Å². The Balaban J connectivity index is 1.45. The molecule has 23 heavy (non-hydrogen) atoms. The fourth-order valence-electron chi connectivity index (χ4n) is 4.44. The molecule has 3 aliphatic heterocycles. The molecule has 2 amide bonds. The molecule has 2 atom stereocenters. The molecule has 0 radical (unpaired) electrons. The van der Waals surface area contributed by atoms with E-state index in [0.29, 0.717) is 25.0 Å². The second-order valence-electron chi connectivity index (χ2n) is 7.14. The maximum absolute atomic E-state index is 12.8. The molecule has 0 N–H and O–H groups in total. The lowest BCUT2D eigenvalue weighted by Crippen LogP contribution is -2.43. The first-order chi connectivity index (χ1) is 11.2. The van der Waals surface area contributed by atoms with Crippen molar-refractivity contribution in [2.75, 3.05) is 6.54 Å². The van der Waals surface area contributed by atoms with Gasteiger partial charge < -0.3 is 9.80 Å². The van der Waals surface area contributed by atoms with Gasteiger partial charge >= 0.3 is 0 Å². The highest BCUT2D eigenvalue weighted by atomic mass is 16.2.